The van der Waals surface area contributed by atoms with E-state index in [0.29, 0.717) is 5.69 Å². The van der Waals surface area contributed by atoms with Crippen molar-refractivity contribution >= 4 is 23.4 Å². The number of amides is 1. The molecule has 1 unspecified atom stereocenters. The van der Waals surface area contributed by atoms with E-state index in [1.165, 1.54) is 23.9 Å². The lowest BCUT2D eigenvalue weighted by atomic mass is 10.3. The van der Waals surface area contributed by atoms with Gasteiger partial charge in [-0.2, -0.15) is 0 Å². The van der Waals surface area contributed by atoms with Crippen LogP contribution in [-0.2, 0) is 4.79 Å². The van der Waals surface area contributed by atoms with Gasteiger partial charge in [-0.05, 0) is 18.2 Å². The average Bonchev–Trinajstić information content (AvgIpc) is 2.58. The fraction of sp³-hybridized carbons (Fsp3) is 0.182. The zero-order chi connectivity index (χ0) is 12.4. The molecule has 0 saturated heterocycles. The number of primary amides is 1. The van der Waals surface area contributed by atoms with Crippen LogP contribution in [0.3, 0.4) is 0 Å². The molecule has 4 nitrogen and oxygen atoms in total. The van der Waals surface area contributed by atoms with Gasteiger partial charge in [0, 0.05) is 16.8 Å². The number of carbonyl (C=O) groups is 1. The van der Waals surface area contributed by atoms with E-state index in [4.69, 9.17) is 11.5 Å². The number of hydrogen-bond acceptors (Lipinski definition) is 4. The molecule has 17 heavy (non-hydrogen) atoms. The summed E-state index contributed by atoms with van der Waals surface area (Å²) >= 11 is 1.34. The number of benzene rings is 1. The van der Waals surface area contributed by atoms with Crippen molar-refractivity contribution in [3.8, 4) is 0 Å². The maximum absolute atomic E-state index is 13.1. The number of carbonyl (C=O) groups excluding carboxylic acids is 1. The van der Waals surface area contributed by atoms with Crippen LogP contribution in [0.15, 0.2) is 35.4 Å². The SMILES string of the molecule is NC(=O)CC1=CN(c2cccc(F)c2)C(N)S1. The van der Waals surface area contributed by atoms with Gasteiger partial charge in [-0.25, -0.2) is 4.39 Å². The molecule has 1 atom stereocenters. The van der Waals surface area contributed by atoms with Crippen molar-refractivity contribution in [2.24, 2.45) is 11.5 Å². The average molecular weight is 253 g/mol. The maximum atomic E-state index is 13.1. The zero-order valence-electron chi connectivity index (χ0n) is 8.97. The fourth-order valence-corrected chi connectivity index (χ4v) is 2.59. The highest BCUT2D eigenvalue weighted by atomic mass is 32.2. The first-order chi connectivity index (χ1) is 8.06. The summed E-state index contributed by atoms with van der Waals surface area (Å²) in [6.45, 7) is 0. The summed E-state index contributed by atoms with van der Waals surface area (Å²) in [5.41, 5.74) is 11.3. The van der Waals surface area contributed by atoms with Gasteiger partial charge in [0.15, 0.2) is 0 Å². The number of anilines is 1. The van der Waals surface area contributed by atoms with Crippen molar-refractivity contribution < 1.29 is 9.18 Å². The van der Waals surface area contributed by atoms with Crippen LogP contribution in [0.5, 0.6) is 0 Å². The molecule has 1 amide bonds. The third kappa shape index (κ3) is 2.78. The Kier molecular flexibility index (Phi) is 3.35. The van der Waals surface area contributed by atoms with Crippen molar-refractivity contribution in [1.82, 2.24) is 0 Å². The molecule has 0 spiro atoms. The van der Waals surface area contributed by atoms with Crippen LogP contribution in [0.4, 0.5) is 10.1 Å². The van der Waals surface area contributed by atoms with E-state index < -0.39 is 5.91 Å². The molecular formula is C11H12FN3OS. The van der Waals surface area contributed by atoms with Gasteiger partial charge in [-0.1, -0.05) is 17.8 Å². The van der Waals surface area contributed by atoms with E-state index in [1.54, 1.807) is 23.2 Å². The Bertz CT molecular complexity index is 478. The largest absolute Gasteiger partial charge is 0.369 e. The lowest BCUT2D eigenvalue weighted by Crippen LogP contribution is -2.32. The number of hydrogen-bond donors (Lipinski definition) is 2. The third-order valence-electron chi connectivity index (χ3n) is 2.28. The summed E-state index contributed by atoms with van der Waals surface area (Å²) in [6, 6.07) is 6.13. The van der Waals surface area contributed by atoms with E-state index in [1.807, 2.05) is 0 Å². The van der Waals surface area contributed by atoms with Crippen LogP contribution in [-0.4, -0.2) is 11.4 Å². The van der Waals surface area contributed by atoms with Gasteiger partial charge in [-0.15, -0.1) is 0 Å². The predicted octanol–water partition coefficient (Wildman–Crippen LogP) is 1.34. The summed E-state index contributed by atoms with van der Waals surface area (Å²) < 4.78 is 13.1. The topological polar surface area (TPSA) is 72.4 Å². The Hall–Kier alpha value is -1.53. The van der Waals surface area contributed by atoms with E-state index in [9.17, 15) is 9.18 Å². The van der Waals surface area contributed by atoms with Crippen LogP contribution in [0.2, 0.25) is 0 Å². The van der Waals surface area contributed by atoms with Crippen molar-refractivity contribution in [3.63, 3.8) is 0 Å². The van der Waals surface area contributed by atoms with Gasteiger partial charge >= 0.3 is 0 Å². The molecule has 0 aliphatic carbocycles. The van der Waals surface area contributed by atoms with Gasteiger partial charge in [0.05, 0.1) is 6.42 Å². The molecule has 0 bridgehead atoms. The summed E-state index contributed by atoms with van der Waals surface area (Å²) in [4.78, 5) is 13.3. The smallest absolute Gasteiger partial charge is 0.222 e. The van der Waals surface area contributed by atoms with E-state index in [0.717, 1.165) is 4.91 Å². The summed E-state index contributed by atoms with van der Waals surface area (Å²) in [5.74, 6) is -0.728. The fourth-order valence-electron chi connectivity index (χ4n) is 1.59. The molecule has 1 aromatic carbocycles. The zero-order valence-corrected chi connectivity index (χ0v) is 9.78. The number of nitrogens with zero attached hydrogens (tertiary/aromatic N) is 1. The second-order valence-electron chi connectivity index (χ2n) is 3.63. The van der Waals surface area contributed by atoms with Crippen LogP contribution < -0.4 is 16.4 Å². The molecule has 0 fully saturated rings. The normalized spacial score (nSPS) is 19.3. The Morgan fingerprint density at radius 3 is 2.94 bits per heavy atom. The maximum Gasteiger partial charge on any atom is 0.222 e. The Balaban J connectivity index is 2.21. The van der Waals surface area contributed by atoms with E-state index in [-0.39, 0.29) is 17.7 Å². The van der Waals surface area contributed by atoms with Gasteiger partial charge in [0.2, 0.25) is 5.91 Å². The Morgan fingerprint density at radius 2 is 2.29 bits per heavy atom. The second kappa shape index (κ2) is 4.77. The number of rotatable bonds is 3. The van der Waals surface area contributed by atoms with Crippen molar-refractivity contribution in [1.29, 1.82) is 0 Å². The van der Waals surface area contributed by atoms with Gasteiger partial charge in [-0.3, -0.25) is 4.79 Å². The first kappa shape index (κ1) is 11.9. The Labute approximate surface area is 102 Å². The molecular weight excluding hydrogens is 241 g/mol. The molecule has 4 N–H and O–H groups in total. The lowest BCUT2D eigenvalue weighted by Gasteiger charge is -2.20. The van der Waals surface area contributed by atoms with Crippen LogP contribution >= 0.6 is 11.8 Å². The quantitative estimate of drug-likeness (QED) is 0.852. The monoisotopic (exact) mass is 253 g/mol. The number of nitrogens with two attached hydrogens (primary N) is 2. The first-order valence-electron chi connectivity index (χ1n) is 5.01. The molecule has 1 heterocycles. The molecule has 0 radical (unpaired) electrons. The highest BCUT2D eigenvalue weighted by Gasteiger charge is 2.24. The Morgan fingerprint density at radius 1 is 1.53 bits per heavy atom. The highest BCUT2D eigenvalue weighted by Crippen LogP contribution is 2.35. The molecule has 90 valence electrons. The molecule has 1 aliphatic heterocycles. The van der Waals surface area contributed by atoms with Crippen LogP contribution in [0.25, 0.3) is 0 Å². The molecule has 2 rings (SSSR count). The molecule has 0 saturated carbocycles. The second-order valence-corrected chi connectivity index (χ2v) is 4.88. The standard InChI is InChI=1S/C11H12FN3OS/c12-7-2-1-3-8(4-7)15-6-9(5-10(13)16)17-11(15)14/h1-4,6,11H,5,14H2,(H2,13,16). The minimum Gasteiger partial charge on any atom is -0.369 e. The third-order valence-corrected chi connectivity index (χ3v) is 3.31. The molecule has 6 heteroatoms. The van der Waals surface area contributed by atoms with E-state index >= 15 is 0 Å². The van der Waals surface area contributed by atoms with Gasteiger partial charge in [0.25, 0.3) is 0 Å². The van der Waals surface area contributed by atoms with Crippen molar-refractivity contribution in [2.45, 2.75) is 11.9 Å². The van der Waals surface area contributed by atoms with E-state index in [2.05, 4.69) is 0 Å². The van der Waals surface area contributed by atoms with Crippen molar-refractivity contribution in [2.75, 3.05) is 4.90 Å². The van der Waals surface area contributed by atoms with Crippen LogP contribution in [0, 0.1) is 5.82 Å². The number of halogens is 1. The summed E-state index contributed by atoms with van der Waals surface area (Å²) in [7, 11) is 0. The predicted molar refractivity (Wildman–Crippen MR) is 66.3 cm³/mol. The van der Waals surface area contributed by atoms with Crippen LogP contribution in [0.1, 0.15) is 6.42 Å². The minimum atomic E-state index is -0.406. The van der Waals surface area contributed by atoms with Gasteiger partial charge in [0.1, 0.15) is 11.3 Å². The van der Waals surface area contributed by atoms with Crippen molar-refractivity contribution in [3.05, 3.63) is 41.2 Å². The summed E-state index contributed by atoms with van der Waals surface area (Å²) in [5, 5.41) is 0. The highest BCUT2D eigenvalue weighted by molar-refractivity contribution is 8.04. The molecule has 1 aromatic rings. The summed E-state index contributed by atoms with van der Waals surface area (Å²) in [6.07, 6.45) is 1.89. The first-order valence-corrected chi connectivity index (χ1v) is 5.89. The minimum absolute atomic E-state index is 0.157. The molecule has 1 aliphatic rings. The lowest BCUT2D eigenvalue weighted by molar-refractivity contribution is -0.117. The number of thioether (sulfide) groups is 1. The molecule has 0 aromatic heterocycles. The van der Waals surface area contributed by atoms with Gasteiger partial charge < -0.3 is 16.4 Å².